The van der Waals surface area contributed by atoms with Gasteiger partial charge in [-0.25, -0.2) is 14.4 Å². The fourth-order valence-electron chi connectivity index (χ4n) is 2.51. The third-order valence-electron chi connectivity index (χ3n) is 3.88. The monoisotopic (exact) mass is 418 g/mol. The van der Waals surface area contributed by atoms with Crippen molar-refractivity contribution in [1.29, 1.82) is 0 Å². The van der Waals surface area contributed by atoms with E-state index in [0.717, 1.165) is 19.1 Å². The Morgan fingerprint density at radius 3 is 2.31 bits per heavy atom. The number of amides is 2. The number of carboxylic acid groups (broad SMARTS) is 1. The van der Waals surface area contributed by atoms with Gasteiger partial charge in [-0.3, -0.25) is 0 Å². The van der Waals surface area contributed by atoms with E-state index in [-0.39, 0.29) is 37.4 Å². The Morgan fingerprint density at radius 1 is 1.07 bits per heavy atom. The SMILES string of the molecule is CC(=COCCOC(=O)NCC(C)(C)CC(C)CCNC(=O)OCCO)C(=O)O. The summed E-state index contributed by atoms with van der Waals surface area (Å²) in [6, 6.07) is 0. The molecule has 168 valence electrons. The number of rotatable bonds is 14. The first-order valence-electron chi connectivity index (χ1n) is 9.51. The quantitative estimate of drug-likeness (QED) is 0.190. The number of hydrogen-bond acceptors (Lipinski definition) is 7. The Hall–Kier alpha value is -2.49. The van der Waals surface area contributed by atoms with Gasteiger partial charge in [0.25, 0.3) is 0 Å². The highest BCUT2D eigenvalue weighted by molar-refractivity contribution is 5.85. The summed E-state index contributed by atoms with van der Waals surface area (Å²) in [7, 11) is 0. The smallest absolute Gasteiger partial charge is 0.407 e. The molecule has 0 aromatic rings. The molecule has 1 unspecified atom stereocenters. The number of carboxylic acids is 1. The van der Waals surface area contributed by atoms with Gasteiger partial charge in [0.2, 0.25) is 0 Å². The zero-order valence-corrected chi connectivity index (χ0v) is 17.7. The van der Waals surface area contributed by atoms with Crippen molar-refractivity contribution in [2.75, 3.05) is 39.5 Å². The summed E-state index contributed by atoms with van der Waals surface area (Å²) >= 11 is 0. The van der Waals surface area contributed by atoms with E-state index in [2.05, 4.69) is 17.6 Å². The van der Waals surface area contributed by atoms with Gasteiger partial charge in [-0.15, -0.1) is 0 Å². The molecule has 0 rings (SSSR count). The van der Waals surface area contributed by atoms with Crippen LogP contribution in [0.15, 0.2) is 11.8 Å². The van der Waals surface area contributed by atoms with Gasteiger partial charge in [0, 0.05) is 13.1 Å². The molecule has 0 fully saturated rings. The fraction of sp³-hybridized carbons (Fsp3) is 0.737. The molecule has 0 saturated heterocycles. The van der Waals surface area contributed by atoms with Gasteiger partial charge in [-0.2, -0.15) is 0 Å². The lowest BCUT2D eigenvalue weighted by Crippen LogP contribution is -2.36. The van der Waals surface area contributed by atoms with Crippen LogP contribution in [0.1, 0.15) is 40.5 Å². The number of carbonyl (C=O) groups is 3. The molecule has 0 aliphatic heterocycles. The van der Waals surface area contributed by atoms with Crippen LogP contribution in [0.4, 0.5) is 9.59 Å². The Bertz CT molecular complexity index is 548. The summed E-state index contributed by atoms with van der Waals surface area (Å²) in [6.07, 6.45) is 1.56. The second-order valence-electron chi connectivity index (χ2n) is 7.51. The van der Waals surface area contributed by atoms with Crippen LogP contribution < -0.4 is 10.6 Å². The van der Waals surface area contributed by atoms with Crippen LogP contribution in [0.25, 0.3) is 0 Å². The van der Waals surface area contributed by atoms with Gasteiger partial charge in [-0.05, 0) is 31.1 Å². The minimum Gasteiger partial charge on any atom is -0.497 e. The van der Waals surface area contributed by atoms with E-state index in [0.29, 0.717) is 19.0 Å². The molecule has 1 atom stereocenters. The molecule has 0 bridgehead atoms. The van der Waals surface area contributed by atoms with Gasteiger partial charge in [0.1, 0.15) is 19.8 Å². The summed E-state index contributed by atoms with van der Waals surface area (Å²) in [4.78, 5) is 33.6. The second kappa shape index (κ2) is 14.5. The van der Waals surface area contributed by atoms with Crippen LogP contribution in [-0.2, 0) is 19.0 Å². The summed E-state index contributed by atoms with van der Waals surface area (Å²) in [5, 5.41) is 22.6. The van der Waals surface area contributed by atoms with E-state index in [1.807, 2.05) is 13.8 Å². The van der Waals surface area contributed by atoms with Gasteiger partial charge in [-0.1, -0.05) is 20.8 Å². The Labute approximate surface area is 171 Å². The number of ether oxygens (including phenoxy) is 3. The molecule has 0 aromatic carbocycles. The Balaban J connectivity index is 3.97. The highest BCUT2D eigenvalue weighted by Gasteiger charge is 2.22. The zero-order chi connectivity index (χ0) is 22.3. The van der Waals surface area contributed by atoms with Crippen molar-refractivity contribution in [2.24, 2.45) is 11.3 Å². The lowest BCUT2D eigenvalue weighted by atomic mass is 9.82. The normalized spacial score (nSPS) is 12.7. The maximum absolute atomic E-state index is 11.7. The number of aliphatic hydroxyl groups excluding tert-OH is 1. The molecule has 0 aliphatic carbocycles. The maximum Gasteiger partial charge on any atom is 0.407 e. The van der Waals surface area contributed by atoms with E-state index < -0.39 is 18.2 Å². The van der Waals surface area contributed by atoms with Crippen LogP contribution in [0.2, 0.25) is 0 Å². The molecule has 0 heterocycles. The topological polar surface area (TPSA) is 143 Å². The van der Waals surface area contributed by atoms with Crippen molar-refractivity contribution < 1.29 is 38.8 Å². The molecule has 0 radical (unpaired) electrons. The third kappa shape index (κ3) is 15.1. The van der Waals surface area contributed by atoms with Crippen molar-refractivity contribution >= 4 is 18.2 Å². The highest BCUT2D eigenvalue weighted by Crippen LogP contribution is 2.26. The first kappa shape index (κ1) is 26.5. The van der Waals surface area contributed by atoms with E-state index in [1.54, 1.807) is 0 Å². The van der Waals surface area contributed by atoms with Crippen LogP contribution in [0, 0.1) is 11.3 Å². The van der Waals surface area contributed by atoms with E-state index in [1.165, 1.54) is 6.92 Å². The third-order valence-corrected chi connectivity index (χ3v) is 3.88. The molecule has 0 saturated carbocycles. The number of nitrogens with one attached hydrogen (secondary N) is 2. The van der Waals surface area contributed by atoms with Gasteiger partial charge >= 0.3 is 18.2 Å². The number of alkyl carbamates (subject to hydrolysis) is 2. The van der Waals surface area contributed by atoms with Crippen molar-refractivity contribution in [1.82, 2.24) is 10.6 Å². The molecule has 4 N–H and O–H groups in total. The minimum absolute atomic E-state index is 0.00408. The predicted molar refractivity (Wildman–Crippen MR) is 105 cm³/mol. The minimum atomic E-state index is -1.07. The summed E-state index contributed by atoms with van der Waals surface area (Å²) in [5.74, 6) is -0.767. The summed E-state index contributed by atoms with van der Waals surface area (Å²) in [6.45, 7) is 8.22. The number of aliphatic hydroxyl groups is 1. The van der Waals surface area contributed by atoms with Crippen molar-refractivity contribution in [2.45, 2.75) is 40.5 Å². The van der Waals surface area contributed by atoms with Crippen LogP contribution in [0.3, 0.4) is 0 Å². The standard InChI is InChI=1S/C19H34N2O8/c1-14(5-6-20-17(25)28-8-7-22)11-19(3,4)13-21-18(26)29-10-9-27-12-15(2)16(23)24/h12,14,22H,5-11,13H2,1-4H3,(H,20,25)(H,21,26)(H,23,24). The molecule has 10 nitrogen and oxygen atoms in total. The average molecular weight is 418 g/mol. The van der Waals surface area contributed by atoms with Crippen LogP contribution >= 0.6 is 0 Å². The van der Waals surface area contributed by atoms with E-state index >= 15 is 0 Å². The van der Waals surface area contributed by atoms with Crippen LogP contribution in [-0.4, -0.2) is 67.9 Å². The average Bonchev–Trinajstić information content (AvgIpc) is 2.63. The lowest BCUT2D eigenvalue weighted by Gasteiger charge is -2.28. The summed E-state index contributed by atoms with van der Waals surface area (Å²) in [5.41, 5.74) is -0.115. The maximum atomic E-state index is 11.7. The first-order valence-corrected chi connectivity index (χ1v) is 9.51. The van der Waals surface area contributed by atoms with E-state index in [4.69, 9.17) is 24.4 Å². The molecule has 0 aromatic heterocycles. The Kier molecular flexibility index (Phi) is 13.3. The molecular weight excluding hydrogens is 384 g/mol. The molecule has 10 heteroatoms. The van der Waals surface area contributed by atoms with Crippen molar-refractivity contribution in [3.63, 3.8) is 0 Å². The second-order valence-corrected chi connectivity index (χ2v) is 7.51. The highest BCUT2D eigenvalue weighted by atomic mass is 16.6. The first-order chi connectivity index (χ1) is 13.6. The molecule has 0 aliphatic rings. The summed E-state index contributed by atoms with van der Waals surface area (Å²) < 4.78 is 14.7. The lowest BCUT2D eigenvalue weighted by molar-refractivity contribution is -0.132. The van der Waals surface area contributed by atoms with E-state index in [9.17, 15) is 14.4 Å². The molecule has 2 amide bonds. The largest absolute Gasteiger partial charge is 0.497 e. The number of aliphatic carboxylic acids is 1. The zero-order valence-electron chi connectivity index (χ0n) is 17.7. The fourth-order valence-corrected chi connectivity index (χ4v) is 2.51. The number of hydrogen-bond donors (Lipinski definition) is 4. The molecule has 0 spiro atoms. The van der Waals surface area contributed by atoms with Gasteiger partial charge in [0.15, 0.2) is 0 Å². The predicted octanol–water partition coefficient (Wildman–Crippen LogP) is 1.88. The Morgan fingerprint density at radius 2 is 1.69 bits per heavy atom. The van der Waals surface area contributed by atoms with Crippen LogP contribution in [0.5, 0.6) is 0 Å². The van der Waals surface area contributed by atoms with Gasteiger partial charge < -0.3 is 35.1 Å². The molecular formula is C19H34N2O8. The van der Waals surface area contributed by atoms with Crippen molar-refractivity contribution in [3.05, 3.63) is 11.8 Å². The molecule has 29 heavy (non-hydrogen) atoms. The van der Waals surface area contributed by atoms with Crippen molar-refractivity contribution in [3.8, 4) is 0 Å². The van der Waals surface area contributed by atoms with Gasteiger partial charge in [0.05, 0.1) is 18.4 Å². The number of carbonyl (C=O) groups excluding carboxylic acids is 2.